The Morgan fingerprint density at radius 3 is 2.00 bits per heavy atom. The Bertz CT molecular complexity index is 800. The lowest BCUT2D eigenvalue weighted by Crippen LogP contribution is -2.10. The number of carboxylic acid groups (broad SMARTS) is 1. The minimum Gasteiger partial charge on any atom is -0.479 e. The number of nitrogens with two attached hydrogens (primary N) is 1. The van der Waals surface area contributed by atoms with Crippen LogP contribution in [0.15, 0.2) is 72.8 Å². The van der Waals surface area contributed by atoms with E-state index in [4.69, 9.17) is 10.8 Å². The summed E-state index contributed by atoms with van der Waals surface area (Å²) in [6.07, 6.45) is -1.45. The molecule has 2 atom stereocenters. The number of carboxylic acids is 1. The van der Waals surface area contributed by atoms with Crippen molar-refractivity contribution < 1.29 is 15.0 Å². The number of carbonyl (C=O) groups is 1. The summed E-state index contributed by atoms with van der Waals surface area (Å²) in [5.41, 5.74) is 7.21. The molecule has 4 heteroatoms. The van der Waals surface area contributed by atoms with Gasteiger partial charge in [-0.1, -0.05) is 66.7 Å². The molecule has 4 nitrogen and oxygen atoms in total. The molecule has 0 heterocycles. The van der Waals surface area contributed by atoms with Gasteiger partial charge in [0.25, 0.3) is 0 Å². The van der Waals surface area contributed by atoms with Crippen LogP contribution in [-0.2, 0) is 4.79 Å². The molecule has 124 valence electrons. The largest absolute Gasteiger partial charge is 0.479 e. The summed E-state index contributed by atoms with van der Waals surface area (Å²) in [5.74, 6) is -1.23. The highest BCUT2D eigenvalue weighted by atomic mass is 16.4. The van der Waals surface area contributed by atoms with Gasteiger partial charge >= 0.3 is 5.97 Å². The Morgan fingerprint density at radius 2 is 1.46 bits per heavy atom. The third-order valence-corrected chi connectivity index (χ3v) is 3.65. The summed E-state index contributed by atoms with van der Waals surface area (Å²) in [6.45, 7) is 1.98. The van der Waals surface area contributed by atoms with Gasteiger partial charge in [0.05, 0.1) is 0 Å². The number of rotatable bonds is 3. The molecule has 0 aliphatic carbocycles. The molecule has 0 spiro atoms. The van der Waals surface area contributed by atoms with Crippen LogP contribution in [0.2, 0.25) is 0 Å². The van der Waals surface area contributed by atoms with Crippen LogP contribution in [0.5, 0.6) is 0 Å². The minimum atomic E-state index is -1.45. The first-order chi connectivity index (χ1) is 11.5. The van der Waals surface area contributed by atoms with Gasteiger partial charge in [0.1, 0.15) is 0 Å². The summed E-state index contributed by atoms with van der Waals surface area (Å²) < 4.78 is 0. The Morgan fingerprint density at radius 1 is 0.875 bits per heavy atom. The van der Waals surface area contributed by atoms with Gasteiger partial charge in [0.2, 0.25) is 0 Å². The van der Waals surface area contributed by atoms with Gasteiger partial charge in [0, 0.05) is 6.04 Å². The normalized spacial score (nSPS) is 12.8. The maximum Gasteiger partial charge on any atom is 0.337 e. The summed E-state index contributed by atoms with van der Waals surface area (Å²) >= 11 is 0. The first-order valence-corrected chi connectivity index (χ1v) is 7.69. The molecule has 0 fully saturated rings. The first kappa shape index (κ1) is 17.7. The van der Waals surface area contributed by atoms with Crippen molar-refractivity contribution in [2.75, 3.05) is 0 Å². The van der Waals surface area contributed by atoms with E-state index in [1.165, 1.54) is 5.56 Å². The summed E-state index contributed by atoms with van der Waals surface area (Å²) in [6, 6.07) is 22.9. The number of hydrogen-bond acceptors (Lipinski definition) is 3. The van der Waals surface area contributed by atoms with Crippen molar-refractivity contribution in [2.45, 2.75) is 19.1 Å². The van der Waals surface area contributed by atoms with Crippen LogP contribution >= 0.6 is 0 Å². The molecule has 0 aliphatic rings. The highest BCUT2D eigenvalue weighted by Gasteiger charge is 2.15. The van der Waals surface area contributed by atoms with Gasteiger partial charge in [-0.25, -0.2) is 4.79 Å². The van der Waals surface area contributed by atoms with Crippen molar-refractivity contribution in [1.82, 2.24) is 0 Å². The predicted molar refractivity (Wildman–Crippen MR) is 95.6 cm³/mol. The molecule has 3 rings (SSSR count). The minimum absolute atomic E-state index is 0.159. The molecular weight excluding hydrogens is 302 g/mol. The van der Waals surface area contributed by atoms with E-state index in [1.54, 1.807) is 18.2 Å². The highest BCUT2D eigenvalue weighted by molar-refractivity contribution is 5.84. The average molecular weight is 323 g/mol. The Hall–Kier alpha value is -2.69. The molecule has 0 saturated carbocycles. The van der Waals surface area contributed by atoms with Crippen LogP contribution in [0.3, 0.4) is 0 Å². The van der Waals surface area contributed by atoms with Crippen LogP contribution in [0.4, 0.5) is 0 Å². The highest BCUT2D eigenvalue weighted by Crippen LogP contribution is 2.20. The third-order valence-electron chi connectivity index (χ3n) is 3.65. The molecule has 0 radical (unpaired) electrons. The topological polar surface area (TPSA) is 83.6 Å². The van der Waals surface area contributed by atoms with Crippen LogP contribution in [0, 0.1) is 0 Å². The van der Waals surface area contributed by atoms with Crippen LogP contribution in [-0.4, -0.2) is 16.2 Å². The molecule has 0 unspecified atom stereocenters. The van der Waals surface area contributed by atoms with E-state index in [0.717, 1.165) is 10.8 Å². The number of benzene rings is 3. The molecule has 24 heavy (non-hydrogen) atoms. The van der Waals surface area contributed by atoms with Crippen molar-refractivity contribution in [3.63, 3.8) is 0 Å². The van der Waals surface area contributed by atoms with Gasteiger partial charge in [-0.15, -0.1) is 0 Å². The number of aliphatic hydroxyl groups is 1. The van der Waals surface area contributed by atoms with Crippen molar-refractivity contribution in [2.24, 2.45) is 5.73 Å². The molecule has 0 saturated heterocycles. The Balaban J connectivity index is 0.000000198. The number of aliphatic hydroxyl groups excluding tert-OH is 1. The summed E-state index contributed by atoms with van der Waals surface area (Å²) in [4.78, 5) is 10.6. The first-order valence-electron chi connectivity index (χ1n) is 7.69. The fourth-order valence-electron chi connectivity index (χ4n) is 2.28. The smallest absolute Gasteiger partial charge is 0.337 e. The van der Waals surface area contributed by atoms with E-state index in [1.807, 2.05) is 61.5 Å². The molecule has 0 bridgehead atoms. The van der Waals surface area contributed by atoms with Gasteiger partial charge < -0.3 is 15.9 Å². The zero-order valence-electron chi connectivity index (χ0n) is 13.5. The second kappa shape index (κ2) is 8.24. The van der Waals surface area contributed by atoms with Gasteiger partial charge in [-0.05, 0) is 34.9 Å². The lowest BCUT2D eigenvalue weighted by atomic mass is 10.0. The fraction of sp³-hybridized carbons (Fsp3) is 0.150. The lowest BCUT2D eigenvalue weighted by molar-refractivity contribution is -0.146. The molecule has 0 amide bonds. The number of aliphatic carboxylic acids is 1. The molecule has 3 aromatic rings. The van der Waals surface area contributed by atoms with E-state index in [2.05, 4.69) is 0 Å². The maximum absolute atomic E-state index is 10.6. The molecule has 3 aromatic carbocycles. The van der Waals surface area contributed by atoms with Crippen LogP contribution < -0.4 is 5.73 Å². The van der Waals surface area contributed by atoms with Crippen molar-refractivity contribution in [1.29, 1.82) is 0 Å². The average Bonchev–Trinajstić information content (AvgIpc) is 2.62. The standard InChI is InChI=1S/C12H10O3.C8H11N/c13-11(12(14)15)10-6-5-8-3-1-2-4-9(8)7-10;1-7(9)8-5-3-2-4-6-8/h1-7,11,13H,(H,14,15);2-7H,9H2,1H3/t11-;7-/m10/s1. The predicted octanol–water partition coefficient (Wildman–Crippen LogP) is 3.66. The fourth-order valence-corrected chi connectivity index (χ4v) is 2.28. The maximum atomic E-state index is 10.6. The van der Waals surface area contributed by atoms with Crippen LogP contribution in [0.25, 0.3) is 10.8 Å². The molecule has 0 aromatic heterocycles. The molecular formula is C20H21NO3. The molecule has 0 aliphatic heterocycles. The third kappa shape index (κ3) is 4.65. The van der Waals surface area contributed by atoms with Crippen LogP contribution in [0.1, 0.15) is 30.2 Å². The quantitative estimate of drug-likeness (QED) is 0.687. The molecule has 4 N–H and O–H groups in total. The van der Waals surface area contributed by atoms with E-state index < -0.39 is 12.1 Å². The van der Waals surface area contributed by atoms with Crippen molar-refractivity contribution in [3.8, 4) is 0 Å². The van der Waals surface area contributed by atoms with Gasteiger partial charge in [0.15, 0.2) is 6.10 Å². The lowest BCUT2D eigenvalue weighted by Gasteiger charge is -2.06. The number of hydrogen-bond donors (Lipinski definition) is 3. The van der Waals surface area contributed by atoms with Gasteiger partial charge in [-0.2, -0.15) is 0 Å². The van der Waals surface area contributed by atoms with Gasteiger partial charge in [-0.3, -0.25) is 0 Å². The van der Waals surface area contributed by atoms with E-state index in [9.17, 15) is 9.90 Å². The monoisotopic (exact) mass is 323 g/mol. The zero-order chi connectivity index (χ0) is 17.5. The van der Waals surface area contributed by atoms with E-state index in [0.29, 0.717) is 5.56 Å². The number of fused-ring (bicyclic) bond motifs is 1. The van der Waals surface area contributed by atoms with Crippen molar-refractivity contribution in [3.05, 3.63) is 83.9 Å². The second-order valence-corrected chi connectivity index (χ2v) is 5.55. The summed E-state index contributed by atoms with van der Waals surface area (Å²) in [5, 5.41) is 20.0. The Labute approximate surface area is 141 Å². The van der Waals surface area contributed by atoms with E-state index in [-0.39, 0.29) is 6.04 Å². The zero-order valence-corrected chi connectivity index (χ0v) is 13.5. The second-order valence-electron chi connectivity index (χ2n) is 5.55. The SMILES string of the molecule is C[C@H](N)c1ccccc1.O=C(O)[C@H](O)c1ccc2ccccc2c1. The Kier molecular flexibility index (Phi) is 6.07. The van der Waals surface area contributed by atoms with E-state index >= 15 is 0 Å². The summed E-state index contributed by atoms with van der Waals surface area (Å²) in [7, 11) is 0. The van der Waals surface area contributed by atoms with Crippen molar-refractivity contribution >= 4 is 16.7 Å².